The quantitative estimate of drug-likeness (QED) is 0.404. The van der Waals surface area contributed by atoms with Gasteiger partial charge < -0.3 is 19.1 Å². The molecule has 1 saturated heterocycles. The molecule has 1 fully saturated rings. The van der Waals surface area contributed by atoms with Crippen molar-refractivity contribution in [1.82, 2.24) is 29.5 Å². The molecule has 0 bridgehead atoms. The molecule has 12 heteroatoms. The standard InChI is InChI=1S/C22H21F2N7O3/c1-32-16-6-2-5-15-17(16)26-19(18(23)24)31(15)21-27-20(30-8-10-33-11-9-30)28-22(29-21)34-13-14-4-3-7-25-12-14/h2-7,12,18H,8-11,13H2,1H3. The predicted molar refractivity (Wildman–Crippen MR) is 118 cm³/mol. The monoisotopic (exact) mass is 469 g/mol. The number of methoxy groups -OCH3 is 1. The van der Waals surface area contributed by atoms with Gasteiger partial charge in [-0.2, -0.15) is 15.0 Å². The summed E-state index contributed by atoms with van der Waals surface area (Å²) in [6.45, 7) is 2.25. The zero-order valence-corrected chi connectivity index (χ0v) is 18.3. The average molecular weight is 469 g/mol. The van der Waals surface area contributed by atoms with E-state index in [4.69, 9.17) is 14.2 Å². The summed E-state index contributed by atoms with van der Waals surface area (Å²) in [6.07, 6.45) is 0.446. The Morgan fingerprint density at radius 2 is 1.85 bits per heavy atom. The first-order valence-corrected chi connectivity index (χ1v) is 10.6. The van der Waals surface area contributed by atoms with Crippen LogP contribution in [0.15, 0.2) is 42.7 Å². The summed E-state index contributed by atoms with van der Waals surface area (Å²) in [5.41, 5.74) is 1.47. The number of alkyl halides is 2. The molecular weight excluding hydrogens is 448 g/mol. The normalized spacial score (nSPS) is 14.1. The van der Waals surface area contributed by atoms with Crippen molar-refractivity contribution < 1.29 is 23.0 Å². The van der Waals surface area contributed by atoms with Gasteiger partial charge in [0.05, 0.1) is 25.8 Å². The molecule has 4 heterocycles. The smallest absolute Gasteiger partial charge is 0.323 e. The van der Waals surface area contributed by atoms with Gasteiger partial charge in [-0.3, -0.25) is 9.55 Å². The van der Waals surface area contributed by atoms with Gasteiger partial charge in [0.1, 0.15) is 17.9 Å². The minimum Gasteiger partial charge on any atom is -0.494 e. The van der Waals surface area contributed by atoms with Crippen molar-refractivity contribution in [2.45, 2.75) is 13.0 Å². The number of morpholine rings is 1. The minimum absolute atomic E-state index is 0.000285. The first-order valence-electron chi connectivity index (χ1n) is 10.6. The van der Waals surface area contributed by atoms with Crippen molar-refractivity contribution in [3.63, 3.8) is 0 Å². The van der Waals surface area contributed by atoms with E-state index in [0.717, 1.165) is 5.56 Å². The van der Waals surface area contributed by atoms with Gasteiger partial charge in [-0.25, -0.2) is 13.8 Å². The summed E-state index contributed by atoms with van der Waals surface area (Å²) in [5.74, 6) is 0.147. The average Bonchev–Trinajstić information content (AvgIpc) is 3.29. The third-order valence-electron chi connectivity index (χ3n) is 5.27. The fourth-order valence-electron chi connectivity index (χ4n) is 3.65. The molecule has 0 N–H and O–H groups in total. The van der Waals surface area contributed by atoms with Crippen LogP contribution in [0.4, 0.5) is 14.7 Å². The second-order valence-corrected chi connectivity index (χ2v) is 7.40. The highest BCUT2D eigenvalue weighted by Gasteiger charge is 2.26. The van der Waals surface area contributed by atoms with Crippen molar-refractivity contribution in [3.8, 4) is 17.7 Å². The van der Waals surface area contributed by atoms with E-state index in [1.54, 1.807) is 36.7 Å². The first kappa shape index (κ1) is 21.9. The maximum Gasteiger partial charge on any atom is 0.323 e. The lowest BCUT2D eigenvalue weighted by Gasteiger charge is -2.27. The minimum atomic E-state index is -2.87. The molecule has 1 aliphatic rings. The van der Waals surface area contributed by atoms with Crippen LogP contribution in [-0.4, -0.2) is 62.9 Å². The molecule has 4 aromatic rings. The van der Waals surface area contributed by atoms with Gasteiger partial charge in [-0.15, -0.1) is 0 Å². The number of rotatable bonds is 7. The topological polar surface area (TPSA) is 100 Å². The van der Waals surface area contributed by atoms with E-state index in [1.807, 2.05) is 11.0 Å². The number of benzene rings is 1. The molecule has 1 aliphatic heterocycles. The van der Waals surface area contributed by atoms with E-state index >= 15 is 0 Å². The maximum atomic E-state index is 14.1. The number of halogens is 2. The number of hydrogen-bond donors (Lipinski definition) is 0. The molecule has 34 heavy (non-hydrogen) atoms. The van der Waals surface area contributed by atoms with Crippen LogP contribution < -0.4 is 14.4 Å². The Kier molecular flexibility index (Phi) is 6.12. The van der Waals surface area contributed by atoms with Crippen LogP contribution in [0, 0.1) is 0 Å². The van der Waals surface area contributed by atoms with Gasteiger partial charge in [0.25, 0.3) is 6.43 Å². The van der Waals surface area contributed by atoms with Crippen molar-refractivity contribution >= 4 is 17.0 Å². The van der Waals surface area contributed by atoms with Crippen molar-refractivity contribution in [1.29, 1.82) is 0 Å². The number of fused-ring (bicyclic) bond motifs is 1. The summed E-state index contributed by atoms with van der Waals surface area (Å²) in [7, 11) is 1.46. The number of imidazole rings is 1. The zero-order valence-electron chi connectivity index (χ0n) is 18.3. The number of hydrogen-bond acceptors (Lipinski definition) is 9. The van der Waals surface area contributed by atoms with Crippen molar-refractivity contribution in [3.05, 3.63) is 54.1 Å². The lowest BCUT2D eigenvalue weighted by atomic mass is 10.3. The van der Waals surface area contributed by atoms with Gasteiger partial charge in [0.15, 0.2) is 5.82 Å². The highest BCUT2D eigenvalue weighted by Crippen LogP contribution is 2.32. The molecule has 10 nitrogen and oxygen atoms in total. The number of ether oxygens (including phenoxy) is 3. The molecule has 0 unspecified atom stereocenters. The predicted octanol–water partition coefficient (Wildman–Crippen LogP) is 2.97. The Morgan fingerprint density at radius 3 is 2.59 bits per heavy atom. The van der Waals surface area contributed by atoms with E-state index in [0.29, 0.717) is 43.5 Å². The summed E-state index contributed by atoms with van der Waals surface area (Å²) in [5, 5.41) is 0. The Labute approximate surface area is 193 Å². The Balaban J connectivity index is 1.63. The number of nitrogens with zero attached hydrogens (tertiary/aromatic N) is 7. The molecular formula is C22H21F2N7O3. The van der Waals surface area contributed by atoms with Gasteiger partial charge >= 0.3 is 6.01 Å². The molecule has 3 aromatic heterocycles. The van der Waals surface area contributed by atoms with Crippen LogP contribution in [0.5, 0.6) is 11.8 Å². The molecule has 0 saturated carbocycles. The molecule has 0 radical (unpaired) electrons. The van der Waals surface area contributed by atoms with Gasteiger partial charge in [-0.1, -0.05) is 12.1 Å². The summed E-state index contributed by atoms with van der Waals surface area (Å²) in [6, 6.07) is 8.65. The highest BCUT2D eigenvalue weighted by atomic mass is 19.3. The number of anilines is 1. The van der Waals surface area contributed by atoms with Crippen LogP contribution in [0.1, 0.15) is 17.8 Å². The second kappa shape index (κ2) is 9.51. The molecule has 0 aliphatic carbocycles. The Morgan fingerprint density at radius 1 is 1.03 bits per heavy atom. The van der Waals surface area contributed by atoms with E-state index in [2.05, 4.69) is 24.9 Å². The van der Waals surface area contributed by atoms with Gasteiger partial charge in [0, 0.05) is 31.0 Å². The molecule has 0 amide bonds. The Hall–Kier alpha value is -3.93. The summed E-state index contributed by atoms with van der Waals surface area (Å²) < 4.78 is 45.9. The SMILES string of the molecule is COc1cccc2c1nc(C(F)F)n2-c1nc(OCc2cccnc2)nc(N2CCOCC2)n1. The van der Waals surface area contributed by atoms with E-state index in [1.165, 1.54) is 11.7 Å². The van der Waals surface area contributed by atoms with E-state index < -0.39 is 12.2 Å². The molecule has 5 rings (SSSR count). The van der Waals surface area contributed by atoms with Crippen LogP contribution >= 0.6 is 0 Å². The zero-order chi connectivity index (χ0) is 23.5. The van der Waals surface area contributed by atoms with Crippen molar-refractivity contribution in [2.75, 3.05) is 38.3 Å². The lowest BCUT2D eigenvalue weighted by Crippen LogP contribution is -2.37. The van der Waals surface area contributed by atoms with Crippen LogP contribution in [0.3, 0.4) is 0 Å². The van der Waals surface area contributed by atoms with Crippen LogP contribution in [-0.2, 0) is 11.3 Å². The van der Waals surface area contributed by atoms with E-state index in [9.17, 15) is 8.78 Å². The number of pyridine rings is 1. The van der Waals surface area contributed by atoms with Crippen molar-refractivity contribution in [2.24, 2.45) is 0 Å². The fraction of sp³-hybridized carbons (Fsp3) is 0.318. The molecule has 0 atom stereocenters. The summed E-state index contributed by atoms with van der Waals surface area (Å²) in [4.78, 5) is 23.4. The lowest BCUT2D eigenvalue weighted by molar-refractivity contribution is 0.122. The van der Waals surface area contributed by atoms with Crippen LogP contribution in [0.25, 0.3) is 17.0 Å². The largest absolute Gasteiger partial charge is 0.494 e. The van der Waals surface area contributed by atoms with Crippen LogP contribution in [0.2, 0.25) is 0 Å². The molecule has 176 valence electrons. The molecule has 1 aromatic carbocycles. The number of aromatic nitrogens is 6. The molecule has 0 spiro atoms. The number of para-hydroxylation sites is 1. The van der Waals surface area contributed by atoms with Gasteiger partial charge in [0.2, 0.25) is 11.9 Å². The second-order valence-electron chi connectivity index (χ2n) is 7.40. The first-order chi connectivity index (χ1) is 16.6. The highest BCUT2D eigenvalue weighted by molar-refractivity contribution is 5.84. The summed E-state index contributed by atoms with van der Waals surface area (Å²) >= 11 is 0. The fourth-order valence-corrected chi connectivity index (χ4v) is 3.65. The Bertz CT molecular complexity index is 1280. The van der Waals surface area contributed by atoms with E-state index in [-0.39, 0.29) is 24.1 Å². The third kappa shape index (κ3) is 4.31. The third-order valence-corrected chi connectivity index (χ3v) is 5.27. The van der Waals surface area contributed by atoms with Gasteiger partial charge in [-0.05, 0) is 18.2 Å². The maximum absolute atomic E-state index is 14.1.